The van der Waals surface area contributed by atoms with Crippen LogP contribution in [0.2, 0.25) is 0 Å². The lowest BCUT2D eigenvalue weighted by Crippen LogP contribution is -2.55. The van der Waals surface area contributed by atoms with Crippen LogP contribution in [0, 0.1) is 11.8 Å². The molecule has 8 nitrogen and oxygen atoms in total. The van der Waals surface area contributed by atoms with Gasteiger partial charge in [0.05, 0.1) is 25.7 Å². The van der Waals surface area contributed by atoms with E-state index >= 15 is 0 Å². The van der Waals surface area contributed by atoms with E-state index in [1.807, 2.05) is 13.1 Å². The van der Waals surface area contributed by atoms with E-state index in [9.17, 15) is 0 Å². The second-order valence-corrected chi connectivity index (χ2v) is 11.1. The Labute approximate surface area is 199 Å². The van der Waals surface area contributed by atoms with E-state index in [2.05, 4.69) is 71.2 Å². The number of fused-ring (bicyclic) bond motifs is 1. The van der Waals surface area contributed by atoms with Gasteiger partial charge in [0, 0.05) is 32.1 Å². The van der Waals surface area contributed by atoms with Crippen molar-refractivity contribution in [3.05, 3.63) is 42.0 Å². The van der Waals surface area contributed by atoms with Crippen molar-refractivity contribution in [2.24, 2.45) is 22.6 Å². The van der Waals surface area contributed by atoms with Crippen molar-refractivity contribution in [3.8, 4) is 5.88 Å². The number of hydrogen-bond donors (Lipinski definition) is 2. The van der Waals surface area contributed by atoms with Crippen molar-refractivity contribution >= 4 is 27.8 Å². The second kappa shape index (κ2) is 9.87. The third-order valence-corrected chi connectivity index (χ3v) is 9.21. The fourth-order valence-electron chi connectivity index (χ4n) is 5.20. The number of aromatic nitrogens is 1. The Balaban J connectivity index is 1.75. The highest BCUT2D eigenvalue weighted by Gasteiger charge is 2.56. The molecule has 3 heterocycles. The summed E-state index contributed by atoms with van der Waals surface area (Å²) in [5, 5.41) is 5.60. The van der Waals surface area contributed by atoms with Crippen molar-refractivity contribution in [2.45, 2.75) is 31.2 Å². The molecule has 9 heteroatoms. The molecule has 5 unspecified atom stereocenters. The molecule has 0 aromatic carbocycles. The molecule has 2 aliphatic heterocycles. The summed E-state index contributed by atoms with van der Waals surface area (Å²) in [5.41, 5.74) is 7.22. The van der Waals surface area contributed by atoms with Crippen molar-refractivity contribution < 1.29 is 9.47 Å². The maximum atomic E-state index is 6.50. The number of methoxy groups -OCH3 is 1. The number of nitrogens with two attached hydrogens (primary N) is 1. The summed E-state index contributed by atoms with van der Waals surface area (Å²) in [6.07, 6.45) is 8.88. The lowest BCUT2D eigenvalue weighted by atomic mass is 9.73. The molecular weight excluding hydrogens is 436 g/mol. The molecule has 4 rings (SSSR count). The van der Waals surface area contributed by atoms with Gasteiger partial charge in [-0.2, -0.15) is 4.98 Å². The minimum absolute atomic E-state index is 0.140. The van der Waals surface area contributed by atoms with Crippen LogP contribution in [-0.4, -0.2) is 72.4 Å². The number of guanidine groups is 1. The predicted octanol–water partition coefficient (Wildman–Crippen LogP) is 2.36. The Bertz CT molecular complexity index is 993. The summed E-state index contributed by atoms with van der Waals surface area (Å²) >= 11 is 0. The fourth-order valence-corrected chi connectivity index (χ4v) is 7.52. The van der Waals surface area contributed by atoms with Gasteiger partial charge in [-0.05, 0) is 36.9 Å². The smallest absolute Gasteiger partial charge is 0.215 e. The molecule has 0 saturated carbocycles. The molecule has 3 N–H and O–H groups in total. The van der Waals surface area contributed by atoms with Gasteiger partial charge in [0.2, 0.25) is 11.8 Å². The van der Waals surface area contributed by atoms with Gasteiger partial charge in [0.15, 0.2) is 0 Å². The number of anilines is 1. The molecule has 1 aromatic heterocycles. The quantitative estimate of drug-likeness (QED) is 0.358. The van der Waals surface area contributed by atoms with Gasteiger partial charge in [-0.3, -0.25) is 9.62 Å². The number of ether oxygens (including phenoxy) is 2. The first-order chi connectivity index (χ1) is 15.9. The summed E-state index contributed by atoms with van der Waals surface area (Å²) in [7, 11) is 5.43. The lowest BCUT2D eigenvalue weighted by Gasteiger charge is -2.46. The van der Waals surface area contributed by atoms with Gasteiger partial charge >= 0.3 is 0 Å². The zero-order valence-electron chi connectivity index (χ0n) is 20.2. The van der Waals surface area contributed by atoms with Gasteiger partial charge in [-0.15, -0.1) is 0 Å². The van der Waals surface area contributed by atoms with Crippen LogP contribution >= 0.6 is 10.7 Å². The number of hydrogen-bond acceptors (Lipinski definition) is 8. The normalized spacial score (nSPS) is 31.1. The van der Waals surface area contributed by atoms with E-state index in [0.717, 1.165) is 24.5 Å². The first-order valence-electron chi connectivity index (χ1n) is 11.4. The van der Waals surface area contributed by atoms with Crippen LogP contribution in [0.5, 0.6) is 5.88 Å². The molecule has 0 radical (unpaired) electrons. The lowest BCUT2D eigenvalue weighted by molar-refractivity contribution is 0.108. The van der Waals surface area contributed by atoms with E-state index in [4.69, 9.17) is 25.2 Å². The van der Waals surface area contributed by atoms with Gasteiger partial charge in [0.1, 0.15) is 11.4 Å². The molecule has 1 saturated heterocycles. The Kier molecular flexibility index (Phi) is 7.11. The number of aliphatic imine (C=N–C) groups is 1. The van der Waals surface area contributed by atoms with Gasteiger partial charge in [-0.1, -0.05) is 41.9 Å². The second-order valence-electron chi connectivity index (χ2n) is 8.79. The number of nitrogens with zero attached hydrogens (tertiary/aromatic N) is 4. The molecule has 0 amide bonds. The Hall–Kier alpha value is -2.36. The predicted molar refractivity (Wildman–Crippen MR) is 138 cm³/mol. The molecule has 180 valence electrons. The summed E-state index contributed by atoms with van der Waals surface area (Å²) < 4.78 is 13.4. The van der Waals surface area contributed by atoms with Crippen LogP contribution in [0.4, 0.5) is 5.82 Å². The molecule has 0 bridgehead atoms. The molecule has 1 aromatic rings. The van der Waals surface area contributed by atoms with Crippen LogP contribution in [-0.2, 0) is 11.3 Å². The van der Waals surface area contributed by atoms with Gasteiger partial charge < -0.3 is 20.1 Å². The van der Waals surface area contributed by atoms with E-state index < -0.39 is 0 Å². The average molecular weight is 473 g/mol. The van der Waals surface area contributed by atoms with E-state index in [-0.39, 0.29) is 22.1 Å². The SMILES string of the molecule is CC=S1C2CN(c3cc(COCNC)cc(OC)n3)CC2(C2C=CC=CC2C)N=C(N)N1C. The zero-order valence-corrected chi connectivity index (χ0v) is 21.0. The number of nitrogens with one attached hydrogen (secondary N) is 1. The molecule has 1 fully saturated rings. The zero-order chi connectivity index (χ0) is 23.6. The summed E-state index contributed by atoms with van der Waals surface area (Å²) in [6, 6.07) is 4.04. The average Bonchev–Trinajstić information content (AvgIpc) is 3.20. The van der Waals surface area contributed by atoms with Crippen LogP contribution < -0.4 is 20.7 Å². The summed E-state index contributed by atoms with van der Waals surface area (Å²) in [4.78, 5) is 12.4. The van der Waals surface area contributed by atoms with E-state index in [0.29, 0.717) is 36.3 Å². The maximum Gasteiger partial charge on any atom is 0.215 e. The Morgan fingerprint density at radius 3 is 2.82 bits per heavy atom. The number of pyridine rings is 1. The molecule has 0 spiro atoms. The topological polar surface area (TPSA) is 88.2 Å². The largest absolute Gasteiger partial charge is 0.481 e. The number of allylic oxidation sites excluding steroid dienone is 3. The van der Waals surface area contributed by atoms with Crippen LogP contribution in [0.25, 0.3) is 0 Å². The van der Waals surface area contributed by atoms with Crippen LogP contribution in [0.1, 0.15) is 19.4 Å². The summed E-state index contributed by atoms with van der Waals surface area (Å²) in [5.74, 6) is 2.75. The van der Waals surface area contributed by atoms with Crippen molar-refractivity contribution in [1.29, 1.82) is 0 Å². The Morgan fingerprint density at radius 1 is 1.33 bits per heavy atom. The highest BCUT2D eigenvalue weighted by Crippen LogP contribution is 2.50. The highest BCUT2D eigenvalue weighted by atomic mass is 32.2. The molecule has 5 atom stereocenters. The summed E-state index contributed by atoms with van der Waals surface area (Å²) in [6.45, 7) is 7.00. The third-order valence-electron chi connectivity index (χ3n) is 6.77. The maximum absolute atomic E-state index is 6.50. The van der Waals surface area contributed by atoms with Crippen molar-refractivity contribution in [2.75, 3.05) is 45.9 Å². The highest BCUT2D eigenvalue weighted by molar-refractivity contribution is 8.14. The minimum atomic E-state index is -0.319. The monoisotopic (exact) mass is 472 g/mol. The van der Waals surface area contributed by atoms with Crippen molar-refractivity contribution in [3.63, 3.8) is 0 Å². The molecule has 33 heavy (non-hydrogen) atoms. The van der Waals surface area contributed by atoms with Crippen LogP contribution in [0.15, 0.2) is 41.4 Å². The van der Waals surface area contributed by atoms with Gasteiger partial charge in [0.25, 0.3) is 0 Å². The molecular formula is C24H36N6O2S. The first kappa shape index (κ1) is 23.8. The van der Waals surface area contributed by atoms with E-state index in [1.54, 1.807) is 7.11 Å². The third kappa shape index (κ3) is 4.41. The standard InChI is InChI=1S/C24H36N6O2S/c1-6-33-20-13-30(21-11-18(14-32-16-26-3)12-22(27-21)31-5)15-24(20,28-23(25)29(33)4)19-10-8-7-9-17(19)2/h6-12,17,19-20,26H,13-16H2,1-5H3,(H2,25,28). The first-order valence-corrected chi connectivity index (χ1v) is 12.7. The fraction of sp³-hybridized carbons (Fsp3) is 0.542. The molecule has 1 aliphatic carbocycles. The number of rotatable bonds is 7. The van der Waals surface area contributed by atoms with E-state index in [1.165, 1.54) is 0 Å². The Morgan fingerprint density at radius 2 is 2.12 bits per heavy atom. The van der Waals surface area contributed by atoms with Crippen LogP contribution in [0.3, 0.4) is 0 Å². The van der Waals surface area contributed by atoms with Crippen molar-refractivity contribution in [1.82, 2.24) is 14.6 Å². The molecule has 3 aliphatic rings. The minimum Gasteiger partial charge on any atom is -0.481 e. The van der Waals surface area contributed by atoms with Gasteiger partial charge in [-0.25, -0.2) is 4.99 Å².